The summed E-state index contributed by atoms with van der Waals surface area (Å²) in [6.45, 7) is 4.68. The Morgan fingerprint density at radius 2 is 1.11 bits per heavy atom. The number of likely N-dealkylation sites (N-methyl/N-ethyl adjacent to an activating group) is 1. The standard InChI is InChI=1S/C35H73N2O6P/c1-6-8-10-12-14-16-18-20-22-24-26-28-34(38)33(32-43-44(40,41)42-31-30-37(3,4)5)36-35(39)29-27-25-23-21-19-17-15-13-11-9-7-2/h33-34,38H,6-32H2,1-5H3,(H-,36,39,40,41). The maximum absolute atomic E-state index is 12.7. The molecule has 44 heavy (non-hydrogen) atoms. The van der Waals surface area contributed by atoms with Gasteiger partial charge in [0.05, 0.1) is 39.9 Å². The van der Waals surface area contributed by atoms with Gasteiger partial charge in [0.15, 0.2) is 0 Å². The summed E-state index contributed by atoms with van der Waals surface area (Å²) >= 11 is 0. The summed E-state index contributed by atoms with van der Waals surface area (Å²) in [4.78, 5) is 25.1. The van der Waals surface area contributed by atoms with E-state index in [4.69, 9.17) is 9.05 Å². The Bertz CT molecular complexity index is 703. The van der Waals surface area contributed by atoms with Crippen molar-refractivity contribution in [2.45, 2.75) is 180 Å². The molecule has 0 bridgehead atoms. The molecule has 0 aliphatic rings. The van der Waals surface area contributed by atoms with Crippen molar-refractivity contribution in [2.75, 3.05) is 40.9 Å². The average Bonchev–Trinajstić information content (AvgIpc) is 2.95. The van der Waals surface area contributed by atoms with Gasteiger partial charge in [-0.05, 0) is 12.8 Å². The molecule has 264 valence electrons. The zero-order valence-electron chi connectivity index (χ0n) is 29.6. The number of hydrogen-bond donors (Lipinski definition) is 2. The van der Waals surface area contributed by atoms with Crippen molar-refractivity contribution in [3.8, 4) is 0 Å². The molecule has 0 fully saturated rings. The summed E-state index contributed by atoms with van der Waals surface area (Å²) < 4.78 is 23.1. The summed E-state index contributed by atoms with van der Waals surface area (Å²) in [5.74, 6) is -0.167. The first-order chi connectivity index (χ1) is 21.0. The molecule has 2 N–H and O–H groups in total. The zero-order valence-corrected chi connectivity index (χ0v) is 30.5. The van der Waals surface area contributed by atoms with E-state index in [0.29, 0.717) is 23.9 Å². The largest absolute Gasteiger partial charge is 0.756 e. The van der Waals surface area contributed by atoms with Crippen molar-refractivity contribution in [3.05, 3.63) is 0 Å². The molecule has 1 amide bonds. The van der Waals surface area contributed by atoms with Crippen LogP contribution < -0.4 is 10.2 Å². The van der Waals surface area contributed by atoms with Gasteiger partial charge in [-0.15, -0.1) is 0 Å². The van der Waals surface area contributed by atoms with Gasteiger partial charge in [0.1, 0.15) is 13.2 Å². The number of nitrogens with zero attached hydrogens (tertiary/aromatic N) is 1. The summed E-state index contributed by atoms with van der Waals surface area (Å²) in [5, 5.41) is 13.8. The highest BCUT2D eigenvalue weighted by Gasteiger charge is 2.24. The molecular weight excluding hydrogens is 575 g/mol. The lowest BCUT2D eigenvalue weighted by molar-refractivity contribution is -0.870. The van der Waals surface area contributed by atoms with E-state index in [2.05, 4.69) is 19.2 Å². The minimum atomic E-state index is -4.54. The number of hydrogen-bond acceptors (Lipinski definition) is 6. The van der Waals surface area contributed by atoms with Gasteiger partial charge >= 0.3 is 0 Å². The van der Waals surface area contributed by atoms with Crippen LogP contribution in [0, 0.1) is 0 Å². The second-order valence-electron chi connectivity index (χ2n) is 13.9. The van der Waals surface area contributed by atoms with Crippen molar-refractivity contribution in [3.63, 3.8) is 0 Å². The number of carbonyl (C=O) groups excluding carboxylic acids is 1. The molecule has 0 aliphatic heterocycles. The average molecular weight is 649 g/mol. The lowest BCUT2D eigenvalue weighted by Gasteiger charge is -2.30. The third kappa shape index (κ3) is 30.2. The molecule has 0 spiro atoms. The van der Waals surface area contributed by atoms with Crippen LogP contribution in [0.5, 0.6) is 0 Å². The molecule has 8 nitrogen and oxygen atoms in total. The summed E-state index contributed by atoms with van der Waals surface area (Å²) in [7, 11) is 1.31. The van der Waals surface area contributed by atoms with E-state index >= 15 is 0 Å². The maximum atomic E-state index is 12.7. The van der Waals surface area contributed by atoms with Crippen LogP contribution in [0.25, 0.3) is 0 Å². The van der Waals surface area contributed by atoms with Crippen LogP contribution in [0.3, 0.4) is 0 Å². The van der Waals surface area contributed by atoms with E-state index in [-0.39, 0.29) is 19.1 Å². The first-order valence-electron chi connectivity index (χ1n) is 18.4. The molecule has 0 aromatic carbocycles. The molecule has 0 heterocycles. The molecule has 0 aromatic rings. The van der Waals surface area contributed by atoms with Crippen LogP contribution in [0.15, 0.2) is 0 Å². The lowest BCUT2D eigenvalue weighted by Crippen LogP contribution is -2.46. The first-order valence-corrected chi connectivity index (χ1v) is 19.8. The number of aliphatic hydroxyl groups is 1. The number of phosphoric acid groups is 1. The molecule has 0 aliphatic carbocycles. The smallest absolute Gasteiger partial charge is 0.268 e. The lowest BCUT2D eigenvalue weighted by atomic mass is 10.0. The Kier molecular flexibility index (Phi) is 28.4. The molecule has 0 saturated heterocycles. The van der Waals surface area contributed by atoms with Gasteiger partial charge in [0.25, 0.3) is 7.82 Å². The maximum Gasteiger partial charge on any atom is 0.268 e. The Hall–Kier alpha value is -0.500. The van der Waals surface area contributed by atoms with E-state index in [1.165, 1.54) is 103 Å². The minimum absolute atomic E-state index is 0.0153. The molecule has 0 rings (SSSR count). The number of nitrogens with one attached hydrogen (secondary N) is 1. The number of carbonyl (C=O) groups is 1. The van der Waals surface area contributed by atoms with Crippen LogP contribution >= 0.6 is 7.82 Å². The zero-order chi connectivity index (χ0) is 32.9. The van der Waals surface area contributed by atoms with E-state index in [0.717, 1.165) is 38.5 Å². The van der Waals surface area contributed by atoms with E-state index in [1.54, 1.807) is 0 Å². The Morgan fingerprint density at radius 3 is 1.55 bits per heavy atom. The first kappa shape index (κ1) is 43.5. The predicted molar refractivity (Wildman–Crippen MR) is 183 cm³/mol. The molecule has 3 unspecified atom stereocenters. The fourth-order valence-corrected chi connectivity index (χ4v) is 6.05. The molecule has 0 radical (unpaired) electrons. The van der Waals surface area contributed by atoms with Crippen LogP contribution in [0.4, 0.5) is 0 Å². The Morgan fingerprint density at radius 1 is 0.705 bits per heavy atom. The highest BCUT2D eigenvalue weighted by atomic mass is 31.2. The number of phosphoric ester groups is 1. The van der Waals surface area contributed by atoms with Gasteiger partial charge in [0.2, 0.25) is 5.91 Å². The number of aliphatic hydroxyl groups excluding tert-OH is 1. The second kappa shape index (κ2) is 28.7. The third-order valence-corrected chi connectivity index (χ3v) is 9.31. The fourth-order valence-electron chi connectivity index (χ4n) is 5.33. The van der Waals surface area contributed by atoms with Crippen LogP contribution in [0.2, 0.25) is 0 Å². The third-order valence-electron chi connectivity index (χ3n) is 8.35. The van der Waals surface area contributed by atoms with Gasteiger partial charge in [-0.1, -0.05) is 149 Å². The van der Waals surface area contributed by atoms with Gasteiger partial charge in [-0.2, -0.15) is 0 Å². The van der Waals surface area contributed by atoms with Gasteiger partial charge in [0, 0.05) is 6.42 Å². The van der Waals surface area contributed by atoms with Crippen molar-refractivity contribution >= 4 is 13.7 Å². The SMILES string of the molecule is CCCCCCCCCCCCCC(=O)NC(COP(=O)([O-])OCC[N+](C)(C)C)C(O)CCCCCCCCCCCCC. The summed E-state index contributed by atoms with van der Waals surface area (Å²) in [6, 6.07) is -0.789. The van der Waals surface area contributed by atoms with Crippen molar-refractivity contribution < 1.29 is 32.9 Å². The topological polar surface area (TPSA) is 108 Å². The predicted octanol–water partition coefficient (Wildman–Crippen LogP) is 8.44. The van der Waals surface area contributed by atoms with Crippen molar-refractivity contribution in [1.82, 2.24) is 5.32 Å². The number of quaternary nitrogens is 1. The fraction of sp³-hybridized carbons (Fsp3) is 0.971. The van der Waals surface area contributed by atoms with Gasteiger partial charge in [-0.25, -0.2) is 0 Å². The molecule has 3 atom stereocenters. The van der Waals surface area contributed by atoms with Gasteiger partial charge < -0.3 is 28.8 Å². The van der Waals surface area contributed by atoms with Crippen molar-refractivity contribution in [2.24, 2.45) is 0 Å². The highest BCUT2D eigenvalue weighted by molar-refractivity contribution is 7.45. The monoisotopic (exact) mass is 649 g/mol. The van der Waals surface area contributed by atoms with Crippen LogP contribution in [0.1, 0.15) is 168 Å². The van der Waals surface area contributed by atoms with E-state index in [9.17, 15) is 19.4 Å². The normalized spacial score (nSPS) is 14.8. The van der Waals surface area contributed by atoms with Crippen molar-refractivity contribution in [1.29, 1.82) is 0 Å². The summed E-state index contributed by atoms with van der Waals surface area (Å²) in [6.07, 6.45) is 26.7. The molecule has 0 aromatic heterocycles. The molecule has 9 heteroatoms. The Labute approximate surface area is 272 Å². The Balaban J connectivity index is 4.49. The quantitative estimate of drug-likeness (QED) is 0.0420. The van der Waals surface area contributed by atoms with Gasteiger partial charge in [-0.3, -0.25) is 9.36 Å². The number of amides is 1. The minimum Gasteiger partial charge on any atom is -0.756 e. The molecule has 0 saturated carbocycles. The van der Waals surface area contributed by atoms with E-state index in [1.807, 2.05) is 21.1 Å². The van der Waals surface area contributed by atoms with E-state index < -0.39 is 20.0 Å². The number of rotatable bonds is 33. The number of unbranched alkanes of at least 4 members (excludes halogenated alkanes) is 20. The molecular formula is C35H73N2O6P. The van der Waals surface area contributed by atoms with Crippen LogP contribution in [-0.2, 0) is 18.4 Å². The highest BCUT2D eigenvalue weighted by Crippen LogP contribution is 2.38. The second-order valence-corrected chi connectivity index (χ2v) is 15.4. The van der Waals surface area contributed by atoms with Crippen LogP contribution in [-0.4, -0.2) is 68.5 Å². The summed E-state index contributed by atoms with van der Waals surface area (Å²) in [5.41, 5.74) is 0.